The van der Waals surface area contributed by atoms with Crippen LogP contribution >= 0.6 is 27.7 Å². The van der Waals surface area contributed by atoms with Crippen molar-refractivity contribution in [2.45, 2.75) is 44.5 Å². The number of halogens is 1. The molecule has 2 heterocycles. The molecule has 1 saturated heterocycles. The standard InChI is InChI=1S/C18H21BrN2O2S/c1-12-13(2)21(10-16-4-3-9-23-16)18(20-12)24-11-17(22)14-5-7-15(19)8-6-14/h5-8,16H,3-4,9-11H2,1-2H3. The molecule has 128 valence electrons. The van der Waals surface area contributed by atoms with Crippen molar-refractivity contribution in [2.24, 2.45) is 0 Å². The lowest BCUT2D eigenvalue weighted by molar-refractivity contribution is 0.0945. The number of aromatic nitrogens is 2. The Hall–Kier alpha value is -1.11. The van der Waals surface area contributed by atoms with Gasteiger partial charge in [0, 0.05) is 22.3 Å². The number of ether oxygens (including phenoxy) is 1. The number of carbonyl (C=O) groups is 1. The van der Waals surface area contributed by atoms with Gasteiger partial charge in [0.05, 0.1) is 24.1 Å². The summed E-state index contributed by atoms with van der Waals surface area (Å²) in [5.41, 5.74) is 2.91. The van der Waals surface area contributed by atoms with Crippen molar-refractivity contribution in [3.63, 3.8) is 0 Å². The van der Waals surface area contributed by atoms with Crippen LogP contribution in [0.1, 0.15) is 34.6 Å². The molecule has 6 heteroatoms. The molecule has 4 nitrogen and oxygen atoms in total. The number of carbonyl (C=O) groups excluding carboxylic acids is 1. The summed E-state index contributed by atoms with van der Waals surface area (Å²) in [6.07, 6.45) is 2.49. The van der Waals surface area contributed by atoms with Gasteiger partial charge in [-0.2, -0.15) is 0 Å². The number of rotatable bonds is 6. The van der Waals surface area contributed by atoms with Crippen molar-refractivity contribution in [3.05, 3.63) is 45.7 Å². The number of hydrogen-bond acceptors (Lipinski definition) is 4. The van der Waals surface area contributed by atoms with Gasteiger partial charge >= 0.3 is 0 Å². The van der Waals surface area contributed by atoms with Crippen molar-refractivity contribution in [1.29, 1.82) is 0 Å². The van der Waals surface area contributed by atoms with Gasteiger partial charge in [-0.05, 0) is 38.8 Å². The third kappa shape index (κ3) is 4.10. The summed E-state index contributed by atoms with van der Waals surface area (Å²) < 4.78 is 8.93. The Balaban J connectivity index is 1.69. The summed E-state index contributed by atoms with van der Waals surface area (Å²) in [6.45, 7) is 5.77. The van der Waals surface area contributed by atoms with E-state index < -0.39 is 0 Å². The van der Waals surface area contributed by atoms with Crippen LogP contribution in [0, 0.1) is 13.8 Å². The van der Waals surface area contributed by atoms with Crippen LogP contribution in [-0.4, -0.2) is 33.8 Å². The van der Waals surface area contributed by atoms with Crippen LogP contribution in [-0.2, 0) is 11.3 Å². The number of ketones is 1. The van der Waals surface area contributed by atoms with Crippen LogP contribution in [0.3, 0.4) is 0 Å². The highest BCUT2D eigenvalue weighted by Gasteiger charge is 2.20. The Labute approximate surface area is 155 Å². The topological polar surface area (TPSA) is 44.1 Å². The minimum atomic E-state index is 0.120. The van der Waals surface area contributed by atoms with Gasteiger partial charge in [-0.1, -0.05) is 39.8 Å². The van der Waals surface area contributed by atoms with E-state index in [1.807, 2.05) is 31.2 Å². The SMILES string of the molecule is Cc1nc(SCC(=O)c2ccc(Br)cc2)n(CC2CCCO2)c1C. The van der Waals surface area contributed by atoms with E-state index in [-0.39, 0.29) is 11.9 Å². The van der Waals surface area contributed by atoms with Crippen LogP contribution in [0.5, 0.6) is 0 Å². The smallest absolute Gasteiger partial charge is 0.173 e. The van der Waals surface area contributed by atoms with Crippen LogP contribution in [0.2, 0.25) is 0 Å². The molecule has 0 radical (unpaired) electrons. The normalized spacial score (nSPS) is 17.4. The summed E-state index contributed by atoms with van der Waals surface area (Å²) in [5, 5.41) is 0.908. The van der Waals surface area contributed by atoms with E-state index in [0.29, 0.717) is 5.75 Å². The van der Waals surface area contributed by atoms with E-state index >= 15 is 0 Å². The first kappa shape index (κ1) is 17.7. The van der Waals surface area contributed by atoms with Gasteiger partial charge in [-0.3, -0.25) is 4.79 Å². The van der Waals surface area contributed by atoms with Crippen molar-refractivity contribution < 1.29 is 9.53 Å². The van der Waals surface area contributed by atoms with Crippen LogP contribution < -0.4 is 0 Å². The first-order valence-corrected chi connectivity index (χ1v) is 9.89. The van der Waals surface area contributed by atoms with Gasteiger partial charge in [-0.15, -0.1) is 0 Å². The molecule has 0 N–H and O–H groups in total. The highest BCUT2D eigenvalue weighted by Crippen LogP contribution is 2.25. The second-order valence-corrected chi connectivity index (χ2v) is 7.89. The third-order valence-electron chi connectivity index (χ3n) is 4.33. The van der Waals surface area contributed by atoms with E-state index in [1.54, 1.807) is 0 Å². The maximum absolute atomic E-state index is 12.4. The highest BCUT2D eigenvalue weighted by atomic mass is 79.9. The molecule has 0 saturated carbocycles. The Morgan fingerprint density at radius 2 is 2.12 bits per heavy atom. The molecule has 1 atom stereocenters. The van der Waals surface area contributed by atoms with E-state index in [2.05, 4.69) is 32.4 Å². The van der Waals surface area contributed by atoms with Gasteiger partial charge in [0.1, 0.15) is 0 Å². The van der Waals surface area contributed by atoms with E-state index in [1.165, 1.54) is 11.8 Å². The van der Waals surface area contributed by atoms with Crippen molar-refractivity contribution in [1.82, 2.24) is 9.55 Å². The number of nitrogens with zero attached hydrogens (tertiary/aromatic N) is 2. The molecule has 1 aliphatic heterocycles. The van der Waals surface area contributed by atoms with Crippen molar-refractivity contribution in [3.8, 4) is 0 Å². The van der Waals surface area contributed by atoms with Gasteiger partial charge in [0.25, 0.3) is 0 Å². The largest absolute Gasteiger partial charge is 0.376 e. The molecule has 3 rings (SSSR count). The van der Waals surface area contributed by atoms with Gasteiger partial charge in [0.15, 0.2) is 10.9 Å². The lowest BCUT2D eigenvalue weighted by atomic mass is 10.2. The lowest BCUT2D eigenvalue weighted by Gasteiger charge is -2.14. The fourth-order valence-corrected chi connectivity index (χ4v) is 4.05. The first-order valence-electron chi connectivity index (χ1n) is 8.11. The van der Waals surface area contributed by atoms with Crippen molar-refractivity contribution >= 4 is 33.5 Å². The lowest BCUT2D eigenvalue weighted by Crippen LogP contribution is -2.17. The third-order valence-corrected chi connectivity index (χ3v) is 5.84. The fraction of sp³-hybridized carbons (Fsp3) is 0.444. The monoisotopic (exact) mass is 408 g/mol. The molecule has 0 aliphatic carbocycles. The van der Waals surface area contributed by atoms with E-state index in [9.17, 15) is 4.79 Å². The summed E-state index contributed by atoms with van der Waals surface area (Å²) >= 11 is 4.90. The molecule has 1 aromatic heterocycles. The second-order valence-electron chi connectivity index (χ2n) is 6.03. The number of thioether (sulfide) groups is 1. The van der Waals surface area contributed by atoms with Crippen molar-refractivity contribution in [2.75, 3.05) is 12.4 Å². The van der Waals surface area contributed by atoms with Gasteiger partial charge in [0.2, 0.25) is 0 Å². The molecule has 0 spiro atoms. The predicted molar refractivity (Wildman–Crippen MR) is 99.9 cm³/mol. The zero-order valence-electron chi connectivity index (χ0n) is 13.9. The van der Waals surface area contributed by atoms with E-state index in [0.717, 1.165) is 52.6 Å². The molecule has 1 unspecified atom stereocenters. The molecule has 0 bridgehead atoms. The zero-order valence-corrected chi connectivity index (χ0v) is 16.3. The molecule has 24 heavy (non-hydrogen) atoms. The Morgan fingerprint density at radius 3 is 2.79 bits per heavy atom. The predicted octanol–water partition coefficient (Wildman–Crippen LogP) is 4.42. The minimum absolute atomic E-state index is 0.120. The summed E-state index contributed by atoms with van der Waals surface area (Å²) in [5.74, 6) is 0.512. The fourth-order valence-electron chi connectivity index (χ4n) is 2.79. The molecule has 1 fully saturated rings. The number of aryl methyl sites for hydroxylation is 1. The quantitative estimate of drug-likeness (QED) is 0.524. The summed E-state index contributed by atoms with van der Waals surface area (Å²) in [4.78, 5) is 17.0. The van der Waals surface area contributed by atoms with Crippen LogP contribution in [0.4, 0.5) is 0 Å². The number of benzene rings is 1. The first-order chi connectivity index (χ1) is 11.5. The van der Waals surface area contributed by atoms with Gasteiger partial charge in [-0.25, -0.2) is 4.98 Å². The van der Waals surface area contributed by atoms with Gasteiger partial charge < -0.3 is 9.30 Å². The Bertz CT molecular complexity index is 721. The molecular weight excluding hydrogens is 388 g/mol. The Kier molecular flexibility index (Phi) is 5.79. The molecule has 0 amide bonds. The maximum atomic E-state index is 12.4. The van der Waals surface area contributed by atoms with Crippen LogP contribution in [0.25, 0.3) is 0 Å². The molecule has 2 aromatic rings. The van der Waals surface area contributed by atoms with Crippen LogP contribution in [0.15, 0.2) is 33.9 Å². The highest BCUT2D eigenvalue weighted by molar-refractivity contribution is 9.10. The second kappa shape index (κ2) is 7.85. The Morgan fingerprint density at radius 1 is 1.38 bits per heavy atom. The average Bonchev–Trinajstić information content (AvgIpc) is 3.17. The summed E-state index contributed by atoms with van der Waals surface area (Å²) in [7, 11) is 0. The molecule has 1 aromatic carbocycles. The maximum Gasteiger partial charge on any atom is 0.173 e. The van der Waals surface area contributed by atoms with E-state index in [4.69, 9.17) is 4.74 Å². The average molecular weight is 409 g/mol. The summed E-state index contributed by atoms with van der Waals surface area (Å²) in [6, 6.07) is 7.49. The minimum Gasteiger partial charge on any atom is -0.376 e. The number of imidazole rings is 1. The zero-order chi connectivity index (χ0) is 17.1. The molecular formula is C18H21BrN2O2S. The number of hydrogen-bond donors (Lipinski definition) is 0. The molecule has 1 aliphatic rings. The number of Topliss-reactive ketones (excluding diaryl/α,β-unsaturated/α-hetero) is 1.